The van der Waals surface area contributed by atoms with E-state index in [1.54, 1.807) is 10.9 Å². The van der Waals surface area contributed by atoms with Crippen LogP contribution in [-0.4, -0.2) is 32.7 Å². The maximum Gasteiger partial charge on any atom is 0.254 e. The monoisotopic (exact) mass is 283 g/mol. The number of nitrogens with zero attached hydrogens (tertiary/aromatic N) is 3. The van der Waals surface area contributed by atoms with Crippen molar-refractivity contribution >= 4 is 5.91 Å². The summed E-state index contributed by atoms with van der Waals surface area (Å²) in [4.78, 5) is 14.8. The van der Waals surface area contributed by atoms with Gasteiger partial charge in [0.2, 0.25) is 0 Å². The van der Waals surface area contributed by atoms with Crippen molar-refractivity contribution in [3.05, 3.63) is 48.3 Å². The van der Waals surface area contributed by atoms with E-state index in [4.69, 9.17) is 0 Å². The molecule has 0 aliphatic carbocycles. The Labute approximate surface area is 125 Å². The third-order valence-electron chi connectivity index (χ3n) is 4.31. The number of piperidine rings is 1. The molecule has 2 aromatic rings. The molecule has 2 heterocycles. The smallest absolute Gasteiger partial charge is 0.254 e. The molecule has 21 heavy (non-hydrogen) atoms. The zero-order chi connectivity index (χ0) is 14.8. The highest BCUT2D eigenvalue weighted by atomic mass is 16.2. The molecule has 1 saturated heterocycles. The van der Waals surface area contributed by atoms with Gasteiger partial charge in [-0.2, -0.15) is 5.10 Å². The summed E-state index contributed by atoms with van der Waals surface area (Å²) in [5.74, 6) is 0.140. The highest BCUT2D eigenvalue weighted by molar-refractivity contribution is 5.94. The van der Waals surface area contributed by atoms with Gasteiger partial charge >= 0.3 is 0 Å². The molecule has 1 aromatic heterocycles. The summed E-state index contributed by atoms with van der Waals surface area (Å²) in [5.41, 5.74) is 1.72. The third-order valence-corrected chi connectivity index (χ3v) is 4.31. The number of hydrogen-bond acceptors (Lipinski definition) is 2. The number of aromatic nitrogens is 2. The van der Waals surface area contributed by atoms with E-state index in [1.165, 1.54) is 6.42 Å². The summed E-state index contributed by atoms with van der Waals surface area (Å²) in [7, 11) is 0. The molecule has 1 aliphatic rings. The van der Waals surface area contributed by atoms with Crippen molar-refractivity contribution in [1.82, 2.24) is 14.7 Å². The molecule has 0 bridgehead atoms. The minimum Gasteiger partial charge on any atom is -0.333 e. The van der Waals surface area contributed by atoms with Crippen LogP contribution in [0.1, 0.15) is 43.5 Å². The second-order valence-corrected chi connectivity index (χ2v) is 5.84. The Kier molecular flexibility index (Phi) is 3.78. The highest BCUT2D eigenvalue weighted by Crippen LogP contribution is 2.24. The molecule has 2 unspecified atom stereocenters. The van der Waals surface area contributed by atoms with Crippen molar-refractivity contribution in [2.24, 2.45) is 0 Å². The van der Waals surface area contributed by atoms with E-state index >= 15 is 0 Å². The van der Waals surface area contributed by atoms with Crippen LogP contribution in [0.2, 0.25) is 0 Å². The first kappa shape index (κ1) is 13.9. The second kappa shape index (κ2) is 5.72. The topological polar surface area (TPSA) is 38.1 Å². The molecule has 1 aliphatic heterocycles. The van der Waals surface area contributed by atoms with E-state index in [-0.39, 0.29) is 5.91 Å². The van der Waals surface area contributed by atoms with Crippen LogP contribution in [0.5, 0.6) is 0 Å². The molecule has 0 saturated carbocycles. The van der Waals surface area contributed by atoms with Gasteiger partial charge in [-0.05, 0) is 63.4 Å². The molecule has 1 aromatic carbocycles. The lowest BCUT2D eigenvalue weighted by Gasteiger charge is -2.39. The van der Waals surface area contributed by atoms with Gasteiger partial charge in [0.05, 0.1) is 5.69 Å². The first-order valence-electron chi connectivity index (χ1n) is 7.59. The van der Waals surface area contributed by atoms with Crippen LogP contribution in [0.4, 0.5) is 0 Å². The zero-order valence-corrected chi connectivity index (χ0v) is 12.6. The van der Waals surface area contributed by atoms with Crippen molar-refractivity contribution in [3.8, 4) is 5.69 Å². The summed E-state index contributed by atoms with van der Waals surface area (Å²) < 4.78 is 1.79. The van der Waals surface area contributed by atoms with E-state index < -0.39 is 0 Å². The van der Waals surface area contributed by atoms with Crippen LogP contribution >= 0.6 is 0 Å². The van der Waals surface area contributed by atoms with Gasteiger partial charge in [-0.15, -0.1) is 0 Å². The van der Waals surface area contributed by atoms with E-state index in [0.29, 0.717) is 12.1 Å². The molecule has 110 valence electrons. The Morgan fingerprint density at radius 1 is 1.14 bits per heavy atom. The van der Waals surface area contributed by atoms with Gasteiger partial charge in [0.15, 0.2) is 0 Å². The molecule has 0 spiro atoms. The Morgan fingerprint density at radius 2 is 1.81 bits per heavy atom. The van der Waals surface area contributed by atoms with E-state index in [0.717, 1.165) is 24.1 Å². The highest BCUT2D eigenvalue weighted by Gasteiger charge is 2.29. The van der Waals surface area contributed by atoms with Crippen LogP contribution in [0.25, 0.3) is 5.69 Å². The van der Waals surface area contributed by atoms with Gasteiger partial charge < -0.3 is 4.90 Å². The average Bonchev–Trinajstić information content (AvgIpc) is 3.01. The number of carbonyl (C=O) groups is 1. The summed E-state index contributed by atoms with van der Waals surface area (Å²) in [6.07, 6.45) is 7.05. The third kappa shape index (κ3) is 2.71. The summed E-state index contributed by atoms with van der Waals surface area (Å²) >= 11 is 0. The standard InChI is InChI=1S/C17H21N3O/c1-13-5-3-6-14(2)20(13)17(21)15-7-9-16(10-8-15)19-12-4-11-18-19/h4,7-14H,3,5-6H2,1-2H3. The van der Waals surface area contributed by atoms with Crippen LogP contribution < -0.4 is 0 Å². The fraction of sp³-hybridized carbons (Fsp3) is 0.412. The van der Waals surface area contributed by atoms with Crippen molar-refractivity contribution in [2.75, 3.05) is 0 Å². The maximum absolute atomic E-state index is 12.7. The van der Waals surface area contributed by atoms with E-state index in [9.17, 15) is 4.79 Å². The average molecular weight is 283 g/mol. The molecule has 0 N–H and O–H groups in total. The molecule has 1 fully saturated rings. The minimum atomic E-state index is 0.140. The quantitative estimate of drug-likeness (QED) is 0.848. The number of carbonyl (C=O) groups excluding carboxylic acids is 1. The summed E-state index contributed by atoms with van der Waals surface area (Å²) in [6.45, 7) is 4.29. The van der Waals surface area contributed by atoms with Crippen molar-refractivity contribution in [3.63, 3.8) is 0 Å². The van der Waals surface area contributed by atoms with Gasteiger partial charge in [0.25, 0.3) is 5.91 Å². The Balaban J connectivity index is 1.81. The first-order chi connectivity index (χ1) is 10.2. The van der Waals surface area contributed by atoms with Crippen molar-refractivity contribution < 1.29 is 4.79 Å². The fourth-order valence-corrected chi connectivity index (χ4v) is 3.15. The normalized spacial score (nSPS) is 22.3. The van der Waals surface area contributed by atoms with Gasteiger partial charge in [-0.25, -0.2) is 4.68 Å². The van der Waals surface area contributed by atoms with E-state index in [1.807, 2.05) is 41.4 Å². The molecule has 1 amide bonds. The molecule has 2 atom stereocenters. The molecule has 0 radical (unpaired) electrons. The van der Waals surface area contributed by atoms with Crippen LogP contribution in [-0.2, 0) is 0 Å². The lowest BCUT2D eigenvalue weighted by molar-refractivity contribution is 0.0511. The number of benzene rings is 1. The summed E-state index contributed by atoms with van der Waals surface area (Å²) in [5, 5.41) is 4.20. The summed E-state index contributed by atoms with van der Waals surface area (Å²) in [6, 6.07) is 10.2. The van der Waals surface area contributed by atoms with Gasteiger partial charge in [-0.1, -0.05) is 0 Å². The maximum atomic E-state index is 12.7. The Bertz CT molecular complexity index is 593. The Hall–Kier alpha value is -2.10. The molecule has 3 rings (SSSR count). The number of likely N-dealkylation sites (tertiary alicyclic amines) is 1. The number of hydrogen-bond donors (Lipinski definition) is 0. The van der Waals surface area contributed by atoms with Gasteiger partial charge in [-0.3, -0.25) is 4.79 Å². The lowest BCUT2D eigenvalue weighted by Crippen LogP contribution is -2.47. The Morgan fingerprint density at radius 3 is 2.38 bits per heavy atom. The number of amides is 1. The largest absolute Gasteiger partial charge is 0.333 e. The minimum absolute atomic E-state index is 0.140. The van der Waals surface area contributed by atoms with Crippen molar-refractivity contribution in [2.45, 2.75) is 45.2 Å². The van der Waals surface area contributed by atoms with Crippen LogP contribution in [0.15, 0.2) is 42.7 Å². The van der Waals surface area contributed by atoms with Crippen LogP contribution in [0.3, 0.4) is 0 Å². The first-order valence-corrected chi connectivity index (χ1v) is 7.59. The SMILES string of the molecule is CC1CCCC(C)N1C(=O)c1ccc(-n2cccn2)cc1. The molecule has 4 heteroatoms. The number of rotatable bonds is 2. The molecular weight excluding hydrogens is 262 g/mol. The van der Waals surface area contributed by atoms with Gasteiger partial charge in [0.1, 0.15) is 0 Å². The van der Waals surface area contributed by atoms with Crippen LogP contribution in [0, 0.1) is 0 Å². The van der Waals surface area contributed by atoms with Gasteiger partial charge in [0, 0.05) is 30.0 Å². The zero-order valence-electron chi connectivity index (χ0n) is 12.6. The predicted octanol–water partition coefficient (Wildman–Crippen LogP) is 3.28. The van der Waals surface area contributed by atoms with E-state index in [2.05, 4.69) is 18.9 Å². The molecule has 4 nitrogen and oxygen atoms in total. The lowest BCUT2D eigenvalue weighted by atomic mass is 9.96. The predicted molar refractivity (Wildman–Crippen MR) is 82.5 cm³/mol. The molecular formula is C17H21N3O. The van der Waals surface area contributed by atoms with Crippen molar-refractivity contribution in [1.29, 1.82) is 0 Å². The second-order valence-electron chi connectivity index (χ2n) is 5.84. The fourth-order valence-electron chi connectivity index (χ4n) is 3.15.